The van der Waals surface area contributed by atoms with Gasteiger partial charge in [0.2, 0.25) is 6.23 Å². The van der Waals surface area contributed by atoms with Crippen LogP contribution in [-0.2, 0) is 6.54 Å². The van der Waals surface area contributed by atoms with E-state index in [1.54, 1.807) is 18.2 Å². The Morgan fingerprint density at radius 1 is 0.900 bits per heavy atom. The molecular weight excluding hydrogens is 417 g/mol. The zero-order chi connectivity index (χ0) is 22.1. The van der Waals surface area contributed by atoms with Crippen LogP contribution in [0.4, 0.5) is 0 Å². The van der Waals surface area contributed by atoms with Crippen molar-refractivity contribution in [2.24, 2.45) is 0 Å². The van der Waals surface area contributed by atoms with Gasteiger partial charge in [0.25, 0.3) is 0 Å². The maximum Gasteiger partial charge on any atom is 0.230 e. The van der Waals surface area contributed by atoms with Gasteiger partial charge in [0.1, 0.15) is 12.3 Å². The van der Waals surface area contributed by atoms with Crippen molar-refractivity contribution in [3.05, 3.63) is 100 Å². The van der Waals surface area contributed by atoms with Crippen molar-refractivity contribution in [3.8, 4) is 5.75 Å². The van der Waals surface area contributed by atoms with Crippen LogP contribution in [0.3, 0.4) is 0 Å². The van der Waals surface area contributed by atoms with E-state index in [1.165, 1.54) is 12.5 Å². The first-order chi connectivity index (χ1) is 14.2. The monoisotopic (exact) mass is 444 g/mol. The van der Waals surface area contributed by atoms with Crippen LogP contribution in [-0.4, -0.2) is 30.6 Å². The number of carbonyl (C=O) groups is 1. The predicted molar refractivity (Wildman–Crippen MR) is 125 cm³/mol. The third kappa shape index (κ3) is 7.49. The molecule has 0 saturated heterocycles. The van der Waals surface area contributed by atoms with Crippen LogP contribution in [0.2, 0.25) is 10.0 Å². The summed E-state index contributed by atoms with van der Waals surface area (Å²) < 4.78 is 6.73. The summed E-state index contributed by atoms with van der Waals surface area (Å²) in [4.78, 5) is 11.8. The Balaban J connectivity index is 0.000000386. The summed E-state index contributed by atoms with van der Waals surface area (Å²) in [5, 5.41) is 1.33. The zero-order valence-corrected chi connectivity index (χ0v) is 19.3. The maximum atomic E-state index is 11.8. The third-order valence-electron chi connectivity index (χ3n) is 4.77. The minimum atomic E-state index is -0.116. The molecule has 0 fully saturated rings. The van der Waals surface area contributed by atoms with Crippen molar-refractivity contribution < 1.29 is 14.0 Å². The fraction of sp³-hybridized carbons (Fsp3) is 0.240. The molecule has 0 radical (unpaired) electrons. The molecule has 3 aromatic carbocycles. The quantitative estimate of drug-likeness (QED) is 0.235. The molecule has 3 nitrogen and oxygen atoms in total. The fourth-order valence-electron chi connectivity index (χ4n) is 2.80. The van der Waals surface area contributed by atoms with Gasteiger partial charge in [-0.15, -0.1) is 0 Å². The van der Waals surface area contributed by atoms with E-state index in [4.69, 9.17) is 27.9 Å². The van der Waals surface area contributed by atoms with Crippen molar-refractivity contribution in [1.82, 2.24) is 0 Å². The molecule has 1 atom stereocenters. The number of carbonyl (C=O) groups excluding carboxylic acids is 1. The molecule has 3 rings (SSSR count). The molecule has 30 heavy (non-hydrogen) atoms. The Morgan fingerprint density at radius 2 is 1.47 bits per heavy atom. The van der Waals surface area contributed by atoms with E-state index < -0.39 is 0 Å². The lowest BCUT2D eigenvalue weighted by molar-refractivity contribution is -0.943. The maximum absolute atomic E-state index is 11.8. The highest BCUT2D eigenvalue weighted by Crippen LogP contribution is 2.26. The van der Waals surface area contributed by atoms with Crippen molar-refractivity contribution in [2.75, 3.05) is 14.1 Å². The highest BCUT2D eigenvalue weighted by molar-refractivity contribution is 6.31. The molecule has 0 aromatic heterocycles. The molecule has 0 amide bonds. The van der Waals surface area contributed by atoms with E-state index in [1.807, 2.05) is 55.5 Å². The molecule has 3 aromatic rings. The molecule has 0 spiro atoms. The summed E-state index contributed by atoms with van der Waals surface area (Å²) in [6, 6.07) is 24.9. The Morgan fingerprint density at radius 3 is 1.97 bits per heavy atom. The summed E-state index contributed by atoms with van der Waals surface area (Å²) in [6.45, 7) is 4.37. The van der Waals surface area contributed by atoms with E-state index in [0.717, 1.165) is 11.6 Å². The standard InChI is InChI=1S/C19H23ClNO2.C6H5Cl/c1-14(22)18-12-17(20)10-11-19(18)23-15(2)21(3,4)13-16-8-6-5-7-9-16;7-6-4-2-1-3-5-6/h5-12,15H,13H2,1-4H3;1-5H/q+1;. The van der Waals surface area contributed by atoms with Gasteiger partial charge in [0.05, 0.1) is 19.7 Å². The van der Waals surface area contributed by atoms with Crippen LogP contribution in [0.5, 0.6) is 5.75 Å². The molecule has 1 unspecified atom stereocenters. The first-order valence-electron chi connectivity index (χ1n) is 9.73. The van der Waals surface area contributed by atoms with E-state index in [-0.39, 0.29) is 12.0 Å². The summed E-state index contributed by atoms with van der Waals surface area (Å²) in [6.07, 6.45) is -0.116. The second-order valence-electron chi connectivity index (χ2n) is 7.63. The number of rotatable bonds is 6. The molecule has 0 aliphatic heterocycles. The molecule has 0 aliphatic rings. The lowest BCUT2D eigenvalue weighted by Gasteiger charge is -2.36. The SMILES string of the molecule is CC(=O)c1cc(Cl)ccc1OC(C)[N+](C)(C)Cc1ccccc1.Clc1ccccc1. The molecule has 0 saturated carbocycles. The number of quaternary nitrogens is 1. The van der Waals surface area contributed by atoms with Gasteiger partial charge in [0.15, 0.2) is 5.78 Å². The fourth-order valence-corrected chi connectivity index (χ4v) is 3.12. The van der Waals surface area contributed by atoms with E-state index in [0.29, 0.717) is 20.8 Å². The first-order valence-corrected chi connectivity index (χ1v) is 10.5. The number of halogens is 2. The zero-order valence-electron chi connectivity index (χ0n) is 17.8. The normalized spacial score (nSPS) is 11.8. The Hall–Kier alpha value is -2.33. The van der Waals surface area contributed by atoms with E-state index in [2.05, 4.69) is 26.2 Å². The minimum absolute atomic E-state index is 0.0527. The molecule has 0 aliphatic carbocycles. The average Bonchev–Trinajstić information content (AvgIpc) is 2.70. The summed E-state index contributed by atoms with van der Waals surface area (Å²) >= 11 is 11.5. The van der Waals surface area contributed by atoms with Crippen LogP contribution >= 0.6 is 23.2 Å². The van der Waals surface area contributed by atoms with Gasteiger partial charge < -0.3 is 4.74 Å². The molecule has 158 valence electrons. The summed E-state index contributed by atoms with van der Waals surface area (Å²) in [5.74, 6) is 0.525. The lowest BCUT2D eigenvalue weighted by atomic mass is 10.1. The van der Waals surface area contributed by atoms with Crippen molar-refractivity contribution in [2.45, 2.75) is 26.6 Å². The molecule has 0 N–H and O–H groups in total. The second kappa shape index (κ2) is 11.2. The molecule has 0 bridgehead atoms. The second-order valence-corrected chi connectivity index (χ2v) is 8.50. The summed E-state index contributed by atoms with van der Waals surface area (Å²) in [7, 11) is 4.22. The third-order valence-corrected chi connectivity index (χ3v) is 5.26. The van der Waals surface area contributed by atoms with Gasteiger partial charge in [-0.25, -0.2) is 0 Å². The number of ether oxygens (including phenoxy) is 1. The van der Waals surface area contributed by atoms with Gasteiger partial charge in [-0.3, -0.25) is 9.28 Å². The van der Waals surface area contributed by atoms with E-state index in [9.17, 15) is 4.79 Å². The van der Waals surface area contributed by atoms with Crippen LogP contribution in [0.15, 0.2) is 78.9 Å². The Bertz CT molecular complexity index is 944. The smallest absolute Gasteiger partial charge is 0.230 e. The van der Waals surface area contributed by atoms with Crippen LogP contribution in [0.1, 0.15) is 29.8 Å². The number of ketones is 1. The number of benzene rings is 3. The Labute approximate surface area is 189 Å². The minimum Gasteiger partial charge on any atom is -0.442 e. The number of nitrogens with zero attached hydrogens (tertiary/aromatic N) is 1. The van der Waals surface area contributed by atoms with Crippen LogP contribution in [0, 0.1) is 0 Å². The summed E-state index contributed by atoms with van der Waals surface area (Å²) in [5.41, 5.74) is 1.76. The van der Waals surface area contributed by atoms with Crippen molar-refractivity contribution >= 4 is 29.0 Å². The molecule has 0 heterocycles. The highest BCUT2D eigenvalue weighted by atomic mass is 35.5. The van der Waals surface area contributed by atoms with Crippen LogP contribution < -0.4 is 4.74 Å². The van der Waals surface area contributed by atoms with Gasteiger partial charge >= 0.3 is 0 Å². The van der Waals surface area contributed by atoms with Gasteiger partial charge in [0, 0.05) is 22.5 Å². The van der Waals surface area contributed by atoms with Gasteiger partial charge in [-0.05, 0) is 37.3 Å². The van der Waals surface area contributed by atoms with Gasteiger partial charge in [-0.1, -0.05) is 71.7 Å². The van der Waals surface area contributed by atoms with E-state index >= 15 is 0 Å². The highest BCUT2D eigenvalue weighted by Gasteiger charge is 2.27. The number of hydrogen-bond donors (Lipinski definition) is 0. The average molecular weight is 445 g/mol. The topological polar surface area (TPSA) is 26.3 Å². The van der Waals surface area contributed by atoms with Crippen LogP contribution in [0.25, 0.3) is 0 Å². The number of hydrogen-bond acceptors (Lipinski definition) is 2. The molecule has 5 heteroatoms. The predicted octanol–water partition coefficient (Wildman–Crippen LogP) is 6.88. The first kappa shape index (κ1) is 23.9. The van der Waals surface area contributed by atoms with Crippen molar-refractivity contribution in [1.29, 1.82) is 0 Å². The Kier molecular flexibility index (Phi) is 8.91. The number of Topliss-reactive ketones (excluding diaryl/α,β-unsaturated/α-hetero) is 1. The molecular formula is C25H28Cl2NO2+. The van der Waals surface area contributed by atoms with Gasteiger partial charge in [-0.2, -0.15) is 0 Å². The van der Waals surface area contributed by atoms with Crippen molar-refractivity contribution in [3.63, 3.8) is 0 Å². The lowest BCUT2D eigenvalue weighted by Crippen LogP contribution is -2.49. The largest absolute Gasteiger partial charge is 0.442 e.